The summed E-state index contributed by atoms with van der Waals surface area (Å²) in [6.07, 6.45) is -4.85. The minimum absolute atomic E-state index is 0.0128. The number of aromatic nitrogens is 4. The molecule has 0 fully saturated rings. The van der Waals surface area contributed by atoms with Gasteiger partial charge in [-0.25, -0.2) is 4.79 Å². The van der Waals surface area contributed by atoms with E-state index in [-0.39, 0.29) is 12.2 Å². The molecule has 0 saturated carbocycles. The molecule has 2 N–H and O–H groups in total. The van der Waals surface area contributed by atoms with Crippen LogP contribution in [0.3, 0.4) is 0 Å². The van der Waals surface area contributed by atoms with E-state index in [1.54, 1.807) is 5.32 Å². The lowest BCUT2D eigenvalue weighted by Crippen LogP contribution is -2.44. The standard InChI is InChI=1S/C9H11F3N6O4/c1-22-7(20)2-5-15-17-18(16-5)3-6(19)14-8(21)13-4-9(10,11)12/h2-4H2,1H3,(H2,13,14,19,21). The molecule has 0 atom stereocenters. The second kappa shape index (κ2) is 7.33. The minimum atomic E-state index is -4.59. The third-order valence-corrected chi connectivity index (χ3v) is 2.01. The van der Waals surface area contributed by atoms with E-state index in [2.05, 4.69) is 20.1 Å². The summed E-state index contributed by atoms with van der Waals surface area (Å²) in [5.41, 5.74) is 0. The van der Waals surface area contributed by atoms with Crippen molar-refractivity contribution in [2.45, 2.75) is 19.1 Å². The van der Waals surface area contributed by atoms with Gasteiger partial charge in [0.05, 0.1) is 7.11 Å². The first kappa shape index (κ1) is 17.3. The molecule has 1 heterocycles. The Morgan fingerprint density at radius 3 is 2.59 bits per heavy atom. The highest BCUT2D eigenvalue weighted by Gasteiger charge is 2.28. The Balaban J connectivity index is 2.42. The maximum Gasteiger partial charge on any atom is 0.405 e. The average Bonchev–Trinajstić information content (AvgIpc) is 2.82. The number of tetrazole rings is 1. The van der Waals surface area contributed by atoms with Gasteiger partial charge in [0.15, 0.2) is 5.82 Å². The number of methoxy groups -OCH3 is 1. The molecule has 0 aliphatic heterocycles. The van der Waals surface area contributed by atoms with Crippen molar-refractivity contribution in [1.29, 1.82) is 0 Å². The van der Waals surface area contributed by atoms with Gasteiger partial charge in [0, 0.05) is 0 Å². The molecule has 0 bridgehead atoms. The normalized spacial score (nSPS) is 10.9. The smallest absolute Gasteiger partial charge is 0.405 e. The van der Waals surface area contributed by atoms with E-state index in [1.807, 2.05) is 0 Å². The minimum Gasteiger partial charge on any atom is -0.469 e. The molecule has 0 spiro atoms. The number of halogens is 3. The highest BCUT2D eigenvalue weighted by molar-refractivity contribution is 5.94. The number of hydrogen-bond acceptors (Lipinski definition) is 7. The van der Waals surface area contributed by atoms with Gasteiger partial charge < -0.3 is 10.1 Å². The van der Waals surface area contributed by atoms with Crippen molar-refractivity contribution in [3.8, 4) is 0 Å². The molecular weight excluding hydrogens is 313 g/mol. The zero-order valence-electron chi connectivity index (χ0n) is 11.2. The summed E-state index contributed by atoms with van der Waals surface area (Å²) in [6, 6.07) is -1.31. The maximum absolute atomic E-state index is 11.8. The number of hydrogen-bond donors (Lipinski definition) is 2. The summed E-state index contributed by atoms with van der Waals surface area (Å²) in [4.78, 5) is 34.1. The van der Waals surface area contributed by atoms with Crippen LogP contribution in [0.15, 0.2) is 0 Å². The summed E-state index contributed by atoms with van der Waals surface area (Å²) in [5, 5.41) is 13.6. The molecule has 0 aliphatic rings. The summed E-state index contributed by atoms with van der Waals surface area (Å²) < 4.78 is 39.9. The second-order valence-electron chi connectivity index (χ2n) is 3.84. The molecule has 0 aliphatic carbocycles. The number of alkyl halides is 3. The summed E-state index contributed by atoms with van der Waals surface area (Å²) in [7, 11) is 1.17. The number of carbonyl (C=O) groups is 3. The van der Waals surface area contributed by atoms with Gasteiger partial charge in [-0.2, -0.15) is 18.0 Å². The van der Waals surface area contributed by atoms with E-state index >= 15 is 0 Å². The molecule has 3 amide bonds. The Hall–Kier alpha value is -2.73. The third kappa shape index (κ3) is 6.62. The Kier molecular flexibility index (Phi) is 5.77. The number of imide groups is 1. The molecule has 0 saturated heterocycles. The number of carbonyl (C=O) groups excluding carboxylic acids is 3. The molecule has 122 valence electrons. The maximum atomic E-state index is 11.8. The molecule has 13 heteroatoms. The quantitative estimate of drug-likeness (QED) is 0.649. The van der Waals surface area contributed by atoms with Gasteiger partial charge in [-0.3, -0.25) is 14.9 Å². The Morgan fingerprint density at radius 1 is 1.32 bits per heavy atom. The van der Waals surface area contributed by atoms with E-state index in [1.165, 1.54) is 12.4 Å². The van der Waals surface area contributed by atoms with Crippen molar-refractivity contribution in [3.05, 3.63) is 5.82 Å². The number of nitrogens with zero attached hydrogens (tertiary/aromatic N) is 4. The molecular formula is C9H11F3N6O4. The monoisotopic (exact) mass is 324 g/mol. The van der Waals surface area contributed by atoms with Gasteiger partial charge in [0.2, 0.25) is 0 Å². The molecule has 1 aromatic rings. The highest BCUT2D eigenvalue weighted by atomic mass is 19.4. The fourth-order valence-electron chi connectivity index (χ4n) is 1.13. The van der Waals surface area contributed by atoms with Crippen LogP contribution in [0.2, 0.25) is 0 Å². The fourth-order valence-corrected chi connectivity index (χ4v) is 1.13. The van der Waals surface area contributed by atoms with Gasteiger partial charge in [-0.1, -0.05) is 0 Å². The summed E-state index contributed by atoms with van der Waals surface area (Å²) in [6.45, 7) is -2.13. The Labute approximate surface area is 121 Å². The fraction of sp³-hybridized carbons (Fsp3) is 0.556. The lowest BCUT2D eigenvalue weighted by Gasteiger charge is -2.08. The van der Waals surface area contributed by atoms with Crippen LogP contribution in [-0.4, -0.2) is 57.9 Å². The van der Waals surface area contributed by atoms with Crippen LogP contribution in [0.25, 0.3) is 0 Å². The molecule has 10 nitrogen and oxygen atoms in total. The lowest BCUT2D eigenvalue weighted by molar-refractivity contribution is -0.140. The first-order chi connectivity index (χ1) is 10.2. The summed E-state index contributed by atoms with van der Waals surface area (Å²) >= 11 is 0. The zero-order valence-corrected chi connectivity index (χ0v) is 11.2. The predicted octanol–water partition coefficient (Wildman–Crippen LogP) is -1.22. The second-order valence-corrected chi connectivity index (χ2v) is 3.84. The van der Waals surface area contributed by atoms with E-state index in [9.17, 15) is 27.6 Å². The largest absolute Gasteiger partial charge is 0.469 e. The van der Waals surface area contributed by atoms with Gasteiger partial charge >= 0.3 is 18.2 Å². The van der Waals surface area contributed by atoms with Crippen LogP contribution >= 0.6 is 0 Å². The van der Waals surface area contributed by atoms with E-state index in [0.29, 0.717) is 0 Å². The number of rotatable bonds is 5. The Bertz CT molecular complexity index is 558. The van der Waals surface area contributed by atoms with Gasteiger partial charge in [0.1, 0.15) is 19.5 Å². The molecule has 0 radical (unpaired) electrons. The van der Waals surface area contributed by atoms with Gasteiger partial charge in [-0.05, 0) is 5.21 Å². The molecule has 0 unspecified atom stereocenters. The van der Waals surface area contributed by atoms with Crippen molar-refractivity contribution in [2.24, 2.45) is 0 Å². The van der Waals surface area contributed by atoms with Crippen LogP contribution < -0.4 is 10.6 Å². The molecule has 1 aromatic heterocycles. The van der Waals surface area contributed by atoms with Crippen molar-refractivity contribution < 1.29 is 32.3 Å². The van der Waals surface area contributed by atoms with E-state index in [0.717, 1.165) is 4.80 Å². The van der Waals surface area contributed by atoms with E-state index < -0.39 is 37.2 Å². The SMILES string of the molecule is COC(=O)Cc1nnn(CC(=O)NC(=O)NCC(F)(F)F)n1. The van der Waals surface area contributed by atoms with Crippen molar-refractivity contribution >= 4 is 17.9 Å². The number of ether oxygens (including phenoxy) is 1. The number of nitrogens with one attached hydrogen (secondary N) is 2. The number of amides is 3. The van der Waals surface area contributed by atoms with E-state index in [4.69, 9.17) is 0 Å². The predicted molar refractivity (Wildman–Crippen MR) is 61.1 cm³/mol. The molecule has 22 heavy (non-hydrogen) atoms. The van der Waals surface area contributed by atoms with Crippen LogP contribution in [0, 0.1) is 0 Å². The first-order valence-electron chi connectivity index (χ1n) is 5.67. The topological polar surface area (TPSA) is 128 Å². The number of esters is 1. The highest BCUT2D eigenvalue weighted by Crippen LogP contribution is 2.11. The zero-order chi connectivity index (χ0) is 16.8. The summed E-state index contributed by atoms with van der Waals surface area (Å²) in [5.74, 6) is -1.58. The van der Waals surface area contributed by atoms with Crippen LogP contribution in [0.5, 0.6) is 0 Å². The Morgan fingerprint density at radius 2 is 2.00 bits per heavy atom. The van der Waals surface area contributed by atoms with Crippen molar-refractivity contribution in [1.82, 2.24) is 30.8 Å². The van der Waals surface area contributed by atoms with Crippen molar-refractivity contribution in [2.75, 3.05) is 13.7 Å². The molecule has 1 rings (SSSR count). The number of urea groups is 1. The van der Waals surface area contributed by atoms with Crippen LogP contribution in [-0.2, 0) is 27.3 Å². The first-order valence-corrected chi connectivity index (χ1v) is 5.67. The lowest BCUT2D eigenvalue weighted by atomic mass is 10.4. The van der Waals surface area contributed by atoms with Crippen LogP contribution in [0.4, 0.5) is 18.0 Å². The molecule has 0 aromatic carbocycles. The van der Waals surface area contributed by atoms with Crippen molar-refractivity contribution in [3.63, 3.8) is 0 Å². The van der Waals surface area contributed by atoms with Gasteiger partial charge in [-0.15, -0.1) is 10.2 Å². The van der Waals surface area contributed by atoms with Gasteiger partial charge in [0.25, 0.3) is 5.91 Å². The average molecular weight is 324 g/mol. The third-order valence-electron chi connectivity index (χ3n) is 2.01. The van der Waals surface area contributed by atoms with Crippen LogP contribution in [0.1, 0.15) is 5.82 Å².